The fourth-order valence-corrected chi connectivity index (χ4v) is 1.88. The van der Waals surface area contributed by atoms with Crippen LogP contribution in [0.5, 0.6) is 0 Å². The second-order valence-corrected chi connectivity index (χ2v) is 4.88. The maximum absolute atomic E-state index is 11.9. The SMILES string of the molecule is CN(C)C(=O)/C(Cl)=N\OC(=O)c1ccc2ccccc2c1. The molecule has 108 valence electrons. The molecular weight excluding hydrogens is 292 g/mol. The third-order valence-electron chi connectivity index (χ3n) is 2.78. The van der Waals surface area contributed by atoms with Crippen LogP contribution in [0.4, 0.5) is 0 Å². The molecule has 2 aromatic carbocycles. The highest BCUT2D eigenvalue weighted by molar-refractivity contribution is 6.82. The second kappa shape index (κ2) is 6.37. The van der Waals surface area contributed by atoms with E-state index >= 15 is 0 Å². The lowest BCUT2D eigenvalue weighted by Crippen LogP contribution is -2.27. The van der Waals surface area contributed by atoms with Crippen molar-refractivity contribution >= 4 is 39.4 Å². The van der Waals surface area contributed by atoms with Crippen molar-refractivity contribution in [2.24, 2.45) is 5.16 Å². The van der Waals surface area contributed by atoms with Crippen molar-refractivity contribution in [3.63, 3.8) is 0 Å². The lowest BCUT2D eigenvalue weighted by atomic mass is 10.1. The van der Waals surface area contributed by atoms with Crippen LogP contribution in [0.25, 0.3) is 10.8 Å². The summed E-state index contributed by atoms with van der Waals surface area (Å²) in [5.74, 6) is -1.21. The zero-order chi connectivity index (χ0) is 15.4. The molecule has 0 heterocycles. The van der Waals surface area contributed by atoms with Gasteiger partial charge in [0.25, 0.3) is 5.91 Å². The monoisotopic (exact) mass is 304 g/mol. The van der Waals surface area contributed by atoms with E-state index in [1.165, 1.54) is 19.0 Å². The Balaban J connectivity index is 2.15. The molecule has 0 unspecified atom stereocenters. The van der Waals surface area contributed by atoms with E-state index in [1.54, 1.807) is 12.1 Å². The van der Waals surface area contributed by atoms with E-state index in [9.17, 15) is 9.59 Å². The Morgan fingerprint density at radius 1 is 1.10 bits per heavy atom. The van der Waals surface area contributed by atoms with E-state index in [4.69, 9.17) is 11.6 Å². The summed E-state index contributed by atoms with van der Waals surface area (Å²) in [4.78, 5) is 29.2. The predicted octanol–water partition coefficient (Wildman–Crippen LogP) is 2.64. The van der Waals surface area contributed by atoms with Gasteiger partial charge in [-0.15, -0.1) is 0 Å². The molecule has 0 saturated heterocycles. The van der Waals surface area contributed by atoms with E-state index in [-0.39, 0.29) is 0 Å². The number of benzene rings is 2. The van der Waals surface area contributed by atoms with E-state index < -0.39 is 17.0 Å². The number of amides is 1. The number of carbonyl (C=O) groups excluding carboxylic acids is 2. The summed E-state index contributed by atoms with van der Waals surface area (Å²) in [5, 5.41) is 4.86. The van der Waals surface area contributed by atoms with Crippen molar-refractivity contribution in [1.29, 1.82) is 0 Å². The summed E-state index contributed by atoms with van der Waals surface area (Å²) in [7, 11) is 3.04. The summed E-state index contributed by atoms with van der Waals surface area (Å²) in [6.45, 7) is 0. The molecule has 2 aromatic rings. The molecule has 5 nitrogen and oxygen atoms in total. The first-order chi connectivity index (χ1) is 9.99. The van der Waals surface area contributed by atoms with Gasteiger partial charge >= 0.3 is 5.97 Å². The fourth-order valence-electron chi connectivity index (χ4n) is 1.67. The minimum Gasteiger partial charge on any atom is -0.343 e. The molecule has 0 atom stereocenters. The van der Waals surface area contributed by atoms with Crippen LogP contribution in [-0.4, -0.2) is 36.0 Å². The highest BCUT2D eigenvalue weighted by Crippen LogP contribution is 2.16. The average molecular weight is 305 g/mol. The second-order valence-electron chi connectivity index (χ2n) is 4.52. The van der Waals surface area contributed by atoms with Crippen LogP contribution in [0.2, 0.25) is 0 Å². The zero-order valence-corrected chi connectivity index (χ0v) is 12.3. The van der Waals surface area contributed by atoms with Gasteiger partial charge in [0.1, 0.15) is 0 Å². The summed E-state index contributed by atoms with van der Waals surface area (Å²) in [6, 6.07) is 12.7. The van der Waals surface area contributed by atoms with Crippen molar-refractivity contribution in [2.75, 3.05) is 14.1 Å². The van der Waals surface area contributed by atoms with Gasteiger partial charge in [0.2, 0.25) is 5.17 Å². The molecule has 21 heavy (non-hydrogen) atoms. The van der Waals surface area contributed by atoms with Crippen LogP contribution in [0.3, 0.4) is 0 Å². The number of nitrogens with zero attached hydrogens (tertiary/aromatic N) is 2. The van der Waals surface area contributed by atoms with Gasteiger partial charge in [-0.05, 0) is 22.9 Å². The van der Waals surface area contributed by atoms with Crippen LogP contribution in [0.15, 0.2) is 47.6 Å². The van der Waals surface area contributed by atoms with Gasteiger partial charge in [-0.2, -0.15) is 0 Å². The molecule has 1 amide bonds. The number of carbonyl (C=O) groups is 2. The van der Waals surface area contributed by atoms with Crippen molar-refractivity contribution in [1.82, 2.24) is 4.90 Å². The van der Waals surface area contributed by atoms with Crippen LogP contribution in [0, 0.1) is 0 Å². The fraction of sp³-hybridized carbons (Fsp3) is 0.133. The third kappa shape index (κ3) is 3.58. The number of fused-ring (bicyclic) bond motifs is 1. The van der Waals surface area contributed by atoms with E-state index in [0.29, 0.717) is 5.56 Å². The molecule has 0 bridgehead atoms. The lowest BCUT2D eigenvalue weighted by Gasteiger charge is -2.07. The Kier molecular flexibility index (Phi) is 4.55. The maximum atomic E-state index is 11.9. The molecule has 0 aliphatic rings. The normalized spacial score (nSPS) is 11.3. The predicted molar refractivity (Wildman–Crippen MR) is 81.3 cm³/mol. The molecule has 0 N–H and O–H groups in total. The van der Waals surface area contributed by atoms with E-state index in [0.717, 1.165) is 10.8 Å². The molecular formula is C15H13ClN2O3. The smallest absolute Gasteiger partial charge is 0.343 e. The first-order valence-electron chi connectivity index (χ1n) is 6.14. The Hall–Kier alpha value is -2.40. The summed E-state index contributed by atoms with van der Waals surface area (Å²) in [6.07, 6.45) is 0. The quantitative estimate of drug-likeness (QED) is 0.497. The Bertz CT molecular complexity index is 726. The average Bonchev–Trinajstić information content (AvgIpc) is 2.50. The van der Waals surface area contributed by atoms with Gasteiger partial charge in [-0.25, -0.2) is 4.79 Å². The van der Waals surface area contributed by atoms with Gasteiger partial charge in [0, 0.05) is 14.1 Å². The molecule has 0 aliphatic heterocycles. The molecule has 0 spiro atoms. The largest absolute Gasteiger partial charge is 0.365 e. The number of rotatable bonds is 3. The van der Waals surface area contributed by atoms with Crippen molar-refractivity contribution in [3.8, 4) is 0 Å². The van der Waals surface area contributed by atoms with Gasteiger partial charge in [-0.1, -0.05) is 47.1 Å². The van der Waals surface area contributed by atoms with Crippen LogP contribution < -0.4 is 0 Å². The summed E-state index contributed by atoms with van der Waals surface area (Å²) in [5.41, 5.74) is 0.333. The number of hydrogen-bond donors (Lipinski definition) is 0. The molecule has 0 aromatic heterocycles. The zero-order valence-electron chi connectivity index (χ0n) is 11.5. The Morgan fingerprint density at radius 2 is 1.76 bits per heavy atom. The summed E-state index contributed by atoms with van der Waals surface area (Å²) >= 11 is 5.63. The number of halogens is 1. The molecule has 0 radical (unpaired) electrons. The minimum absolute atomic E-state index is 0.333. The molecule has 0 fully saturated rings. The van der Waals surface area contributed by atoms with Gasteiger partial charge in [-0.3, -0.25) is 4.79 Å². The first-order valence-corrected chi connectivity index (χ1v) is 6.52. The van der Waals surface area contributed by atoms with Gasteiger partial charge in [0.15, 0.2) is 0 Å². The topological polar surface area (TPSA) is 59.0 Å². The molecule has 0 aliphatic carbocycles. The Morgan fingerprint density at radius 3 is 2.43 bits per heavy atom. The first kappa shape index (κ1) is 15.0. The van der Waals surface area contributed by atoms with E-state index in [2.05, 4.69) is 9.99 Å². The minimum atomic E-state index is -0.676. The number of hydrogen-bond acceptors (Lipinski definition) is 4. The van der Waals surface area contributed by atoms with Crippen LogP contribution >= 0.6 is 11.6 Å². The van der Waals surface area contributed by atoms with Crippen molar-refractivity contribution in [2.45, 2.75) is 0 Å². The molecule has 2 rings (SSSR count). The van der Waals surface area contributed by atoms with E-state index in [1.807, 2.05) is 30.3 Å². The maximum Gasteiger partial charge on any atom is 0.365 e. The van der Waals surface area contributed by atoms with Crippen molar-refractivity contribution < 1.29 is 14.4 Å². The summed E-state index contributed by atoms with van der Waals surface area (Å²) < 4.78 is 0. The standard InChI is InChI=1S/C15H13ClN2O3/c1-18(2)14(19)13(16)17-21-15(20)12-8-7-10-5-3-4-6-11(10)9-12/h3-9H,1-2H3/b17-13+. The van der Waals surface area contributed by atoms with Crippen molar-refractivity contribution in [3.05, 3.63) is 48.0 Å². The highest BCUT2D eigenvalue weighted by Gasteiger charge is 2.14. The highest BCUT2D eigenvalue weighted by atomic mass is 35.5. The number of oxime groups is 1. The Labute approximate surface area is 126 Å². The van der Waals surface area contributed by atoms with Crippen LogP contribution in [-0.2, 0) is 9.63 Å². The van der Waals surface area contributed by atoms with Gasteiger partial charge < -0.3 is 9.74 Å². The van der Waals surface area contributed by atoms with Gasteiger partial charge in [0.05, 0.1) is 5.56 Å². The van der Waals surface area contributed by atoms with Crippen LogP contribution in [0.1, 0.15) is 10.4 Å². The molecule has 0 saturated carbocycles. The third-order valence-corrected chi connectivity index (χ3v) is 3.01. The molecule has 6 heteroatoms. The lowest BCUT2D eigenvalue weighted by molar-refractivity contribution is -0.121.